The molecule has 0 spiro atoms. The van der Waals surface area contributed by atoms with Crippen molar-refractivity contribution >= 4 is 29.3 Å². The molecule has 0 aromatic heterocycles. The Morgan fingerprint density at radius 1 is 1.03 bits per heavy atom. The van der Waals surface area contributed by atoms with Gasteiger partial charge in [0.15, 0.2) is 0 Å². The fraction of sp³-hybridized carbons (Fsp3) is 0.722. The molecule has 4 N–H and O–H groups in total. The van der Waals surface area contributed by atoms with Crippen LogP contribution in [0.2, 0.25) is 0 Å². The molecule has 29 heavy (non-hydrogen) atoms. The molecule has 0 bridgehead atoms. The molecule has 164 valence electrons. The monoisotopic (exact) mass is 414 g/mol. The Morgan fingerprint density at radius 3 is 2.17 bits per heavy atom. The molecule has 11 heteroatoms. The molecule has 1 saturated heterocycles. The number of rotatable bonds is 14. The van der Waals surface area contributed by atoms with Crippen LogP contribution in [-0.2, 0) is 33.4 Å². The predicted molar refractivity (Wildman–Crippen MR) is 102 cm³/mol. The van der Waals surface area contributed by atoms with Gasteiger partial charge in [-0.25, -0.2) is 0 Å². The van der Waals surface area contributed by atoms with E-state index < -0.39 is 41.4 Å². The Kier molecular flexibility index (Phi) is 11.0. The zero-order valence-electron chi connectivity index (χ0n) is 16.9. The van der Waals surface area contributed by atoms with E-state index in [0.717, 1.165) is 0 Å². The molecular weight excluding hydrogens is 384 g/mol. The van der Waals surface area contributed by atoms with Crippen molar-refractivity contribution in [1.29, 1.82) is 0 Å². The van der Waals surface area contributed by atoms with E-state index in [0.29, 0.717) is 19.4 Å². The molecule has 1 heterocycles. The second kappa shape index (κ2) is 13.0. The van der Waals surface area contributed by atoms with Crippen LogP contribution >= 0.6 is 0 Å². The quantitative estimate of drug-likeness (QED) is 0.212. The van der Waals surface area contributed by atoms with Crippen molar-refractivity contribution in [2.75, 3.05) is 47.1 Å². The second-order valence-electron chi connectivity index (χ2n) is 6.64. The molecular formula is C18H30N4O7. The molecule has 2 atom stereocenters. The predicted octanol–water partition coefficient (Wildman–Crippen LogP) is -2.25. The first-order valence-corrected chi connectivity index (χ1v) is 9.49. The summed E-state index contributed by atoms with van der Waals surface area (Å²) in [6.45, 7) is 1.21. The standard InChI is InChI=1S/C18H30N4O7/c1-28-10-7-20-17(26)14(23)6-5-12(15(24)18(27)21-8-11-29-2)22-9-3-4-13(22)16(19)25/h12-13H,3-11H2,1-2H3,(H2,19,25)(H,20,26)(H,21,27)/t12?,13-/m0/s1. The minimum Gasteiger partial charge on any atom is -0.383 e. The number of amides is 3. The summed E-state index contributed by atoms with van der Waals surface area (Å²) >= 11 is 0. The highest BCUT2D eigenvalue weighted by atomic mass is 16.5. The highest BCUT2D eigenvalue weighted by Gasteiger charge is 2.39. The molecule has 0 aromatic carbocycles. The average Bonchev–Trinajstić information content (AvgIpc) is 3.17. The Hall–Kier alpha value is -2.37. The van der Waals surface area contributed by atoms with Gasteiger partial charge in [0, 0.05) is 33.7 Å². The van der Waals surface area contributed by atoms with Gasteiger partial charge in [-0.15, -0.1) is 0 Å². The lowest BCUT2D eigenvalue weighted by Crippen LogP contribution is -2.53. The summed E-state index contributed by atoms with van der Waals surface area (Å²) in [5.74, 6) is -3.70. The van der Waals surface area contributed by atoms with E-state index in [4.69, 9.17) is 15.2 Å². The number of carbonyl (C=O) groups is 5. The fourth-order valence-electron chi connectivity index (χ4n) is 3.17. The van der Waals surface area contributed by atoms with Crippen molar-refractivity contribution in [3.63, 3.8) is 0 Å². The first kappa shape index (κ1) is 24.7. The van der Waals surface area contributed by atoms with Gasteiger partial charge >= 0.3 is 0 Å². The van der Waals surface area contributed by atoms with Crippen LogP contribution in [0.25, 0.3) is 0 Å². The number of primary amides is 1. The van der Waals surface area contributed by atoms with Crippen molar-refractivity contribution in [3.05, 3.63) is 0 Å². The second-order valence-corrected chi connectivity index (χ2v) is 6.64. The van der Waals surface area contributed by atoms with Crippen LogP contribution in [0.3, 0.4) is 0 Å². The number of nitrogens with two attached hydrogens (primary N) is 1. The summed E-state index contributed by atoms with van der Waals surface area (Å²) in [5, 5.41) is 4.85. The van der Waals surface area contributed by atoms with E-state index in [1.54, 1.807) is 4.90 Å². The molecule has 1 aliphatic rings. The summed E-state index contributed by atoms with van der Waals surface area (Å²) in [4.78, 5) is 62.1. The average molecular weight is 414 g/mol. The first-order chi connectivity index (χ1) is 13.8. The largest absolute Gasteiger partial charge is 0.383 e. The van der Waals surface area contributed by atoms with E-state index in [2.05, 4.69) is 10.6 Å². The minimum atomic E-state index is -1.02. The smallest absolute Gasteiger partial charge is 0.289 e. The SMILES string of the molecule is COCCNC(=O)C(=O)CCC(C(=O)C(=O)NCCOC)N1CCC[C@H]1C(N)=O. The van der Waals surface area contributed by atoms with Crippen molar-refractivity contribution in [2.45, 2.75) is 37.8 Å². The van der Waals surface area contributed by atoms with Crippen LogP contribution in [0, 0.1) is 0 Å². The zero-order valence-corrected chi connectivity index (χ0v) is 16.9. The summed E-state index contributed by atoms with van der Waals surface area (Å²) in [7, 11) is 2.93. The van der Waals surface area contributed by atoms with Gasteiger partial charge in [-0.1, -0.05) is 0 Å². The van der Waals surface area contributed by atoms with Crippen LogP contribution in [0.15, 0.2) is 0 Å². The van der Waals surface area contributed by atoms with Crippen LogP contribution < -0.4 is 16.4 Å². The van der Waals surface area contributed by atoms with Gasteiger partial charge in [-0.05, 0) is 25.8 Å². The third-order valence-corrected chi connectivity index (χ3v) is 4.63. The van der Waals surface area contributed by atoms with Gasteiger partial charge in [0.2, 0.25) is 17.5 Å². The Bertz CT molecular complexity index is 611. The zero-order chi connectivity index (χ0) is 21.8. The fourth-order valence-corrected chi connectivity index (χ4v) is 3.17. The molecule has 3 amide bonds. The number of likely N-dealkylation sites (tertiary alicyclic amines) is 1. The molecule has 1 unspecified atom stereocenters. The maximum absolute atomic E-state index is 12.7. The molecule has 0 saturated carbocycles. The van der Waals surface area contributed by atoms with Crippen LogP contribution in [0.1, 0.15) is 25.7 Å². The third kappa shape index (κ3) is 7.87. The number of ketones is 2. The maximum Gasteiger partial charge on any atom is 0.289 e. The highest BCUT2D eigenvalue weighted by Crippen LogP contribution is 2.23. The Balaban J connectivity index is 2.81. The molecule has 1 fully saturated rings. The summed E-state index contributed by atoms with van der Waals surface area (Å²) < 4.78 is 9.63. The third-order valence-electron chi connectivity index (χ3n) is 4.63. The number of nitrogens with one attached hydrogen (secondary N) is 2. The summed E-state index contributed by atoms with van der Waals surface area (Å²) in [6.07, 6.45) is 0.781. The molecule has 1 aliphatic heterocycles. The van der Waals surface area contributed by atoms with Crippen molar-refractivity contribution < 1.29 is 33.4 Å². The van der Waals surface area contributed by atoms with Crippen molar-refractivity contribution in [3.8, 4) is 0 Å². The number of carbonyl (C=O) groups excluding carboxylic acids is 5. The normalized spacial score (nSPS) is 17.5. The van der Waals surface area contributed by atoms with Gasteiger partial charge in [0.05, 0.1) is 25.3 Å². The van der Waals surface area contributed by atoms with Crippen molar-refractivity contribution in [1.82, 2.24) is 15.5 Å². The van der Waals surface area contributed by atoms with E-state index in [-0.39, 0.29) is 39.1 Å². The summed E-state index contributed by atoms with van der Waals surface area (Å²) in [6, 6.07) is -1.71. The number of ether oxygens (including phenoxy) is 2. The van der Waals surface area contributed by atoms with Crippen LogP contribution in [0.5, 0.6) is 0 Å². The summed E-state index contributed by atoms with van der Waals surface area (Å²) in [5.41, 5.74) is 5.42. The molecule has 0 aliphatic carbocycles. The molecule has 0 radical (unpaired) electrons. The first-order valence-electron chi connectivity index (χ1n) is 9.49. The Labute approximate surface area is 169 Å². The lowest BCUT2D eigenvalue weighted by Gasteiger charge is -2.30. The topological polar surface area (TPSA) is 157 Å². The highest BCUT2D eigenvalue weighted by molar-refractivity contribution is 6.39. The number of hydrogen-bond acceptors (Lipinski definition) is 8. The molecule has 11 nitrogen and oxygen atoms in total. The van der Waals surface area contributed by atoms with Crippen LogP contribution in [-0.4, -0.2) is 93.3 Å². The van der Waals surface area contributed by atoms with Crippen molar-refractivity contribution in [2.24, 2.45) is 5.73 Å². The molecule has 0 aromatic rings. The van der Waals surface area contributed by atoms with Gasteiger partial charge in [-0.3, -0.25) is 28.9 Å². The van der Waals surface area contributed by atoms with E-state index in [1.807, 2.05) is 0 Å². The van der Waals surface area contributed by atoms with Crippen LogP contribution in [0.4, 0.5) is 0 Å². The van der Waals surface area contributed by atoms with E-state index in [9.17, 15) is 24.0 Å². The number of Topliss-reactive ketones (excluding diaryl/α,β-unsaturated/α-hetero) is 2. The maximum atomic E-state index is 12.7. The lowest BCUT2D eigenvalue weighted by molar-refractivity contribution is -0.143. The van der Waals surface area contributed by atoms with Gasteiger partial charge in [0.1, 0.15) is 0 Å². The lowest BCUT2D eigenvalue weighted by atomic mass is 10.0. The van der Waals surface area contributed by atoms with Gasteiger partial charge in [0.25, 0.3) is 11.8 Å². The van der Waals surface area contributed by atoms with E-state index >= 15 is 0 Å². The van der Waals surface area contributed by atoms with E-state index in [1.165, 1.54) is 14.2 Å². The molecule has 1 rings (SSSR count). The number of hydrogen-bond donors (Lipinski definition) is 3. The van der Waals surface area contributed by atoms with Gasteiger partial charge in [-0.2, -0.15) is 0 Å². The number of methoxy groups -OCH3 is 2. The Morgan fingerprint density at radius 2 is 1.62 bits per heavy atom. The minimum absolute atomic E-state index is 0.0726. The number of nitrogens with zero attached hydrogens (tertiary/aromatic N) is 1. The van der Waals surface area contributed by atoms with Gasteiger partial charge < -0.3 is 25.8 Å².